The van der Waals surface area contributed by atoms with E-state index >= 15 is 0 Å². The number of benzene rings is 3. The molecule has 0 amide bonds. The Morgan fingerprint density at radius 3 is 2.20 bits per heavy atom. The minimum Gasteiger partial charge on any atom is -0.489 e. The highest BCUT2D eigenvalue weighted by Crippen LogP contribution is 2.37. The lowest BCUT2D eigenvalue weighted by atomic mass is 10.2. The van der Waals surface area contributed by atoms with Crippen LogP contribution >= 0.6 is 46.4 Å². The Hall–Kier alpha value is -2.11. The van der Waals surface area contributed by atoms with Crippen molar-refractivity contribution in [2.24, 2.45) is 0 Å². The molecular formula is C22H15Cl4FO3. The van der Waals surface area contributed by atoms with E-state index in [1.54, 1.807) is 30.3 Å². The van der Waals surface area contributed by atoms with E-state index in [1.165, 1.54) is 18.2 Å². The third-order valence-electron chi connectivity index (χ3n) is 3.79. The van der Waals surface area contributed by atoms with Crippen LogP contribution in [0.3, 0.4) is 0 Å². The van der Waals surface area contributed by atoms with Crippen LogP contribution in [0.15, 0.2) is 71.2 Å². The molecule has 0 aliphatic heterocycles. The minimum absolute atomic E-state index is 0.109. The number of hydrogen-bond donors (Lipinski definition) is 0. The lowest BCUT2D eigenvalue weighted by Crippen LogP contribution is -1.99. The van der Waals surface area contributed by atoms with Crippen LogP contribution in [0.2, 0.25) is 10.0 Å². The zero-order valence-corrected chi connectivity index (χ0v) is 18.4. The first kappa shape index (κ1) is 22.6. The molecule has 0 atom stereocenters. The molecule has 0 saturated carbocycles. The number of hydrogen-bond acceptors (Lipinski definition) is 3. The third kappa shape index (κ3) is 6.71. The average Bonchev–Trinajstić information content (AvgIpc) is 2.69. The van der Waals surface area contributed by atoms with E-state index in [-0.39, 0.29) is 23.5 Å². The summed E-state index contributed by atoms with van der Waals surface area (Å²) in [6, 6.07) is 16.3. The summed E-state index contributed by atoms with van der Waals surface area (Å²) in [7, 11) is 0. The first-order valence-electron chi connectivity index (χ1n) is 8.69. The monoisotopic (exact) mass is 486 g/mol. The van der Waals surface area contributed by atoms with Crippen molar-refractivity contribution in [3.63, 3.8) is 0 Å². The molecule has 0 spiro atoms. The van der Waals surface area contributed by atoms with Crippen LogP contribution in [-0.4, -0.2) is 6.61 Å². The van der Waals surface area contributed by atoms with Gasteiger partial charge in [-0.3, -0.25) is 0 Å². The van der Waals surface area contributed by atoms with E-state index in [0.29, 0.717) is 33.0 Å². The van der Waals surface area contributed by atoms with Crippen LogP contribution in [-0.2, 0) is 6.61 Å². The van der Waals surface area contributed by atoms with Crippen LogP contribution in [0.5, 0.6) is 23.0 Å². The van der Waals surface area contributed by atoms with Gasteiger partial charge in [0.25, 0.3) is 0 Å². The maximum atomic E-state index is 13.0. The van der Waals surface area contributed by atoms with Crippen molar-refractivity contribution < 1.29 is 18.6 Å². The molecule has 0 unspecified atom stereocenters. The summed E-state index contributed by atoms with van der Waals surface area (Å²) >= 11 is 23.7. The van der Waals surface area contributed by atoms with Crippen molar-refractivity contribution >= 4 is 46.4 Å². The fraction of sp³-hybridized carbons (Fsp3) is 0.0909. The second-order valence-corrected chi connectivity index (χ2v) is 7.84. The first-order chi connectivity index (χ1) is 14.4. The highest BCUT2D eigenvalue weighted by Gasteiger charge is 2.11. The summed E-state index contributed by atoms with van der Waals surface area (Å²) in [5.74, 6) is 1.59. The van der Waals surface area contributed by atoms with Crippen molar-refractivity contribution in [1.82, 2.24) is 0 Å². The van der Waals surface area contributed by atoms with Gasteiger partial charge in [0, 0.05) is 12.1 Å². The second-order valence-electron chi connectivity index (χ2n) is 6.01. The Bertz CT molecular complexity index is 1010. The SMILES string of the molecule is Fc1ccc(Oc2cccc(COc3c(Cl)cc(OCC=C(Cl)Cl)cc3Cl)c2)cc1. The van der Waals surface area contributed by atoms with E-state index in [4.69, 9.17) is 60.6 Å². The molecule has 8 heteroatoms. The van der Waals surface area contributed by atoms with Gasteiger partial charge in [-0.25, -0.2) is 4.39 Å². The van der Waals surface area contributed by atoms with Crippen LogP contribution in [0.25, 0.3) is 0 Å². The molecule has 0 radical (unpaired) electrons. The molecule has 0 saturated heterocycles. The van der Waals surface area contributed by atoms with Gasteiger partial charge in [-0.2, -0.15) is 0 Å². The molecule has 0 aliphatic rings. The second kappa shape index (κ2) is 10.8. The maximum Gasteiger partial charge on any atom is 0.157 e. The van der Waals surface area contributed by atoms with Gasteiger partial charge < -0.3 is 14.2 Å². The summed E-state index contributed by atoms with van der Waals surface area (Å²) in [4.78, 5) is 0. The summed E-state index contributed by atoms with van der Waals surface area (Å²) in [6.45, 7) is 0.390. The van der Waals surface area contributed by atoms with E-state index in [0.717, 1.165) is 5.56 Å². The number of rotatable bonds is 8. The Morgan fingerprint density at radius 2 is 1.53 bits per heavy atom. The molecule has 0 bridgehead atoms. The molecule has 3 aromatic carbocycles. The van der Waals surface area contributed by atoms with Crippen LogP contribution in [0, 0.1) is 5.82 Å². The summed E-state index contributed by atoms with van der Waals surface area (Å²) < 4.78 is 30.1. The molecule has 0 aromatic heterocycles. The van der Waals surface area contributed by atoms with E-state index in [2.05, 4.69) is 0 Å². The van der Waals surface area contributed by atoms with Crippen LogP contribution in [0.1, 0.15) is 5.56 Å². The quantitative estimate of drug-likeness (QED) is 0.320. The highest BCUT2D eigenvalue weighted by molar-refractivity contribution is 6.55. The van der Waals surface area contributed by atoms with Crippen molar-refractivity contribution in [3.8, 4) is 23.0 Å². The fourth-order valence-corrected chi connectivity index (χ4v) is 3.15. The molecule has 0 N–H and O–H groups in total. The Balaban J connectivity index is 1.65. The zero-order chi connectivity index (χ0) is 21.5. The van der Waals surface area contributed by atoms with Gasteiger partial charge in [0.05, 0.1) is 10.0 Å². The molecule has 0 fully saturated rings. The molecule has 0 heterocycles. The molecule has 156 valence electrons. The molecule has 3 rings (SSSR count). The Morgan fingerprint density at radius 1 is 0.833 bits per heavy atom. The molecule has 3 nitrogen and oxygen atoms in total. The van der Waals surface area contributed by atoms with Gasteiger partial charge in [-0.1, -0.05) is 58.5 Å². The Labute approximate surface area is 193 Å². The lowest BCUT2D eigenvalue weighted by Gasteiger charge is -2.13. The lowest BCUT2D eigenvalue weighted by molar-refractivity contribution is 0.304. The summed E-state index contributed by atoms with van der Waals surface area (Å²) in [6.07, 6.45) is 1.50. The summed E-state index contributed by atoms with van der Waals surface area (Å²) in [5, 5.41) is 0.606. The smallest absolute Gasteiger partial charge is 0.157 e. The molecular weight excluding hydrogens is 473 g/mol. The predicted molar refractivity (Wildman–Crippen MR) is 119 cm³/mol. The van der Waals surface area contributed by atoms with Crippen molar-refractivity contribution in [2.75, 3.05) is 6.61 Å². The first-order valence-corrected chi connectivity index (χ1v) is 10.2. The van der Waals surface area contributed by atoms with E-state index < -0.39 is 0 Å². The molecule has 30 heavy (non-hydrogen) atoms. The Kier molecular flexibility index (Phi) is 8.11. The molecule has 3 aromatic rings. The highest BCUT2D eigenvalue weighted by atomic mass is 35.5. The normalized spacial score (nSPS) is 10.4. The van der Waals surface area contributed by atoms with Crippen molar-refractivity contribution in [1.29, 1.82) is 0 Å². The largest absolute Gasteiger partial charge is 0.489 e. The maximum absolute atomic E-state index is 13.0. The van der Waals surface area contributed by atoms with Gasteiger partial charge in [-0.05, 0) is 48.0 Å². The van der Waals surface area contributed by atoms with Gasteiger partial charge in [0.2, 0.25) is 0 Å². The van der Waals surface area contributed by atoms with Crippen LogP contribution < -0.4 is 14.2 Å². The van der Waals surface area contributed by atoms with Gasteiger partial charge in [-0.15, -0.1) is 0 Å². The molecule has 0 aliphatic carbocycles. The number of ether oxygens (including phenoxy) is 3. The van der Waals surface area contributed by atoms with Crippen LogP contribution in [0.4, 0.5) is 4.39 Å². The van der Waals surface area contributed by atoms with E-state index in [1.807, 2.05) is 18.2 Å². The number of halogens is 5. The average molecular weight is 488 g/mol. The van der Waals surface area contributed by atoms with Crippen molar-refractivity contribution in [3.05, 3.63) is 92.7 Å². The van der Waals surface area contributed by atoms with Gasteiger partial charge in [0.1, 0.15) is 40.8 Å². The van der Waals surface area contributed by atoms with E-state index in [9.17, 15) is 4.39 Å². The minimum atomic E-state index is -0.325. The third-order valence-corrected chi connectivity index (χ3v) is 4.66. The fourth-order valence-electron chi connectivity index (χ4n) is 2.45. The summed E-state index contributed by atoms with van der Waals surface area (Å²) in [5.41, 5.74) is 0.837. The predicted octanol–water partition coefficient (Wildman–Crippen LogP) is 8.20. The standard InChI is InChI=1S/C22H15Cl4FO3/c23-19-11-18(28-9-8-21(25)26)12-20(24)22(19)29-13-14-2-1-3-17(10-14)30-16-6-4-15(27)5-7-16/h1-8,10-12H,9,13H2. The van der Waals surface area contributed by atoms with Gasteiger partial charge >= 0.3 is 0 Å². The van der Waals surface area contributed by atoms with Crippen molar-refractivity contribution in [2.45, 2.75) is 6.61 Å². The van der Waals surface area contributed by atoms with Gasteiger partial charge in [0.15, 0.2) is 5.75 Å². The zero-order valence-electron chi connectivity index (χ0n) is 15.4. The topological polar surface area (TPSA) is 27.7 Å².